The maximum atomic E-state index is 13.4. The number of nitro benzene ring substituents is 1. The van der Waals surface area contributed by atoms with Gasteiger partial charge in [0.1, 0.15) is 5.69 Å². The molecule has 17 heavy (non-hydrogen) atoms. The Morgan fingerprint density at radius 1 is 1.59 bits per heavy atom. The van der Waals surface area contributed by atoms with Crippen LogP contribution in [0.2, 0.25) is 0 Å². The number of benzene rings is 1. The lowest BCUT2D eigenvalue weighted by Gasteiger charge is -2.21. The molecule has 1 aromatic rings. The van der Waals surface area contributed by atoms with Gasteiger partial charge >= 0.3 is 5.69 Å². The second-order valence-electron chi connectivity index (χ2n) is 3.32. The zero-order valence-electron chi connectivity index (χ0n) is 9.17. The molecule has 6 heteroatoms. The van der Waals surface area contributed by atoms with Gasteiger partial charge < -0.3 is 10.0 Å². The van der Waals surface area contributed by atoms with Crippen molar-refractivity contribution in [1.82, 2.24) is 0 Å². The van der Waals surface area contributed by atoms with Crippen molar-refractivity contribution in [2.24, 2.45) is 0 Å². The van der Waals surface area contributed by atoms with Crippen molar-refractivity contribution in [2.75, 3.05) is 24.6 Å². The topological polar surface area (TPSA) is 66.6 Å². The van der Waals surface area contributed by atoms with Gasteiger partial charge in [0.25, 0.3) is 0 Å². The maximum absolute atomic E-state index is 13.4. The Kier molecular flexibility index (Phi) is 4.59. The first kappa shape index (κ1) is 13.1. The number of nitro groups is 1. The Labute approximate surface area is 97.9 Å². The monoisotopic (exact) mass is 240 g/mol. The number of anilines is 1. The molecule has 1 rings (SSSR count). The minimum absolute atomic E-state index is 0.143. The van der Waals surface area contributed by atoms with Crippen molar-refractivity contribution in [3.63, 3.8) is 0 Å². The van der Waals surface area contributed by atoms with E-state index in [9.17, 15) is 14.5 Å². The van der Waals surface area contributed by atoms with Crippen LogP contribution in [0.3, 0.4) is 0 Å². The number of hydrogen-bond donors (Lipinski definition) is 1. The first-order chi connectivity index (χ1) is 8.11. The van der Waals surface area contributed by atoms with Gasteiger partial charge in [-0.2, -0.15) is 4.39 Å². The molecule has 0 bridgehead atoms. The van der Waals surface area contributed by atoms with Crippen LogP contribution in [-0.4, -0.2) is 29.7 Å². The second-order valence-corrected chi connectivity index (χ2v) is 3.32. The van der Waals surface area contributed by atoms with Gasteiger partial charge in [0.15, 0.2) is 0 Å². The highest BCUT2D eigenvalue weighted by Gasteiger charge is 2.23. The number of para-hydroxylation sites is 1. The van der Waals surface area contributed by atoms with E-state index in [1.807, 2.05) is 0 Å². The lowest BCUT2D eigenvalue weighted by Crippen LogP contribution is -2.27. The summed E-state index contributed by atoms with van der Waals surface area (Å²) in [5.74, 6) is -0.889. The lowest BCUT2D eigenvalue weighted by atomic mass is 10.2. The van der Waals surface area contributed by atoms with Gasteiger partial charge in [0.05, 0.1) is 11.5 Å². The van der Waals surface area contributed by atoms with Crippen LogP contribution >= 0.6 is 0 Å². The van der Waals surface area contributed by atoms with Crippen molar-refractivity contribution in [1.29, 1.82) is 0 Å². The molecule has 1 N–H and O–H groups in total. The van der Waals surface area contributed by atoms with Crippen LogP contribution in [0.25, 0.3) is 0 Å². The SMILES string of the molecule is C=CCN(CCO)c1cccc(F)c1[N+](=O)[O-]. The molecule has 1 aromatic carbocycles. The first-order valence-corrected chi connectivity index (χ1v) is 5.01. The Hall–Kier alpha value is -1.95. The average Bonchev–Trinajstić information content (AvgIpc) is 2.28. The van der Waals surface area contributed by atoms with Crippen molar-refractivity contribution in [3.05, 3.63) is 46.8 Å². The van der Waals surface area contributed by atoms with Crippen LogP contribution < -0.4 is 4.90 Å². The number of nitrogens with zero attached hydrogens (tertiary/aromatic N) is 2. The van der Waals surface area contributed by atoms with E-state index in [0.717, 1.165) is 6.07 Å². The van der Waals surface area contributed by atoms with Crippen molar-refractivity contribution in [3.8, 4) is 0 Å². The van der Waals surface area contributed by atoms with E-state index in [1.54, 1.807) is 0 Å². The molecule has 0 aliphatic rings. The maximum Gasteiger partial charge on any atom is 0.327 e. The molecule has 0 aliphatic heterocycles. The lowest BCUT2D eigenvalue weighted by molar-refractivity contribution is -0.386. The summed E-state index contributed by atoms with van der Waals surface area (Å²) in [6, 6.07) is 3.87. The number of halogens is 1. The quantitative estimate of drug-likeness (QED) is 0.467. The molecule has 0 atom stereocenters. The van der Waals surface area contributed by atoms with Crippen LogP contribution in [0.1, 0.15) is 0 Å². The number of rotatable bonds is 6. The van der Waals surface area contributed by atoms with Crippen LogP contribution in [0, 0.1) is 15.9 Å². The predicted molar refractivity (Wildman–Crippen MR) is 62.6 cm³/mol. The smallest absolute Gasteiger partial charge is 0.327 e. The van der Waals surface area contributed by atoms with Crippen LogP contribution in [0.4, 0.5) is 15.8 Å². The fourth-order valence-electron chi connectivity index (χ4n) is 1.53. The average molecular weight is 240 g/mol. The molecule has 0 saturated heterocycles. The third kappa shape index (κ3) is 3.01. The van der Waals surface area contributed by atoms with E-state index < -0.39 is 16.4 Å². The van der Waals surface area contributed by atoms with Gasteiger partial charge in [0, 0.05) is 13.1 Å². The highest BCUT2D eigenvalue weighted by Crippen LogP contribution is 2.30. The molecule has 0 saturated carbocycles. The third-order valence-electron chi connectivity index (χ3n) is 2.21. The van der Waals surface area contributed by atoms with E-state index in [1.165, 1.54) is 23.1 Å². The Bertz CT molecular complexity index is 423. The summed E-state index contributed by atoms with van der Waals surface area (Å²) in [5, 5.41) is 19.7. The summed E-state index contributed by atoms with van der Waals surface area (Å²) in [5.41, 5.74) is -0.438. The summed E-state index contributed by atoms with van der Waals surface area (Å²) in [6.07, 6.45) is 1.53. The van der Waals surface area contributed by atoms with E-state index in [2.05, 4.69) is 6.58 Å². The molecule has 92 valence electrons. The molecule has 0 heterocycles. The predicted octanol–water partition coefficient (Wildman–Crippen LogP) is 1.72. The van der Waals surface area contributed by atoms with Gasteiger partial charge in [0.2, 0.25) is 5.82 Å². The Balaban J connectivity index is 3.21. The van der Waals surface area contributed by atoms with Gasteiger partial charge in [-0.05, 0) is 12.1 Å². The van der Waals surface area contributed by atoms with E-state index >= 15 is 0 Å². The third-order valence-corrected chi connectivity index (χ3v) is 2.21. The highest BCUT2D eigenvalue weighted by atomic mass is 19.1. The molecule has 0 unspecified atom stereocenters. The molecule has 0 aromatic heterocycles. The highest BCUT2D eigenvalue weighted by molar-refractivity contribution is 5.64. The number of aliphatic hydroxyl groups is 1. The second kappa shape index (κ2) is 5.95. The zero-order valence-corrected chi connectivity index (χ0v) is 9.17. The minimum atomic E-state index is -0.889. The molecule has 0 fully saturated rings. The van der Waals surface area contributed by atoms with E-state index in [0.29, 0.717) is 6.54 Å². The fraction of sp³-hybridized carbons (Fsp3) is 0.273. The van der Waals surface area contributed by atoms with Crippen LogP contribution in [0.15, 0.2) is 30.9 Å². The largest absolute Gasteiger partial charge is 0.395 e. The zero-order chi connectivity index (χ0) is 12.8. The summed E-state index contributed by atoms with van der Waals surface area (Å²) in [7, 11) is 0. The standard InChI is InChI=1S/C11H13FN2O3/c1-2-6-13(7-8-15)10-5-3-4-9(12)11(10)14(16)17/h2-5,15H,1,6-8H2. The van der Waals surface area contributed by atoms with Gasteiger partial charge in [-0.25, -0.2) is 0 Å². The molecular weight excluding hydrogens is 227 g/mol. The summed E-state index contributed by atoms with van der Waals surface area (Å²) in [6.45, 7) is 3.81. The molecule has 0 radical (unpaired) electrons. The Morgan fingerprint density at radius 3 is 2.82 bits per heavy atom. The van der Waals surface area contributed by atoms with Crippen molar-refractivity contribution < 1.29 is 14.4 Å². The summed E-state index contributed by atoms with van der Waals surface area (Å²) >= 11 is 0. The van der Waals surface area contributed by atoms with Crippen LogP contribution in [-0.2, 0) is 0 Å². The molecule has 0 amide bonds. The molecule has 5 nitrogen and oxygen atoms in total. The van der Waals surface area contributed by atoms with Gasteiger partial charge in [-0.1, -0.05) is 12.1 Å². The van der Waals surface area contributed by atoms with E-state index in [-0.39, 0.29) is 18.8 Å². The number of hydrogen-bond acceptors (Lipinski definition) is 4. The summed E-state index contributed by atoms with van der Waals surface area (Å²) < 4.78 is 13.4. The van der Waals surface area contributed by atoms with Gasteiger partial charge in [-0.3, -0.25) is 10.1 Å². The normalized spacial score (nSPS) is 10.0. The van der Waals surface area contributed by atoms with Crippen LogP contribution in [0.5, 0.6) is 0 Å². The number of aliphatic hydroxyl groups excluding tert-OH is 1. The van der Waals surface area contributed by atoms with Crippen molar-refractivity contribution >= 4 is 11.4 Å². The van der Waals surface area contributed by atoms with Gasteiger partial charge in [-0.15, -0.1) is 6.58 Å². The van der Waals surface area contributed by atoms with E-state index in [4.69, 9.17) is 5.11 Å². The Morgan fingerprint density at radius 2 is 2.29 bits per heavy atom. The molecule has 0 aliphatic carbocycles. The minimum Gasteiger partial charge on any atom is -0.395 e. The molecule has 0 spiro atoms. The summed E-state index contributed by atoms with van der Waals surface area (Å²) in [4.78, 5) is 11.5. The fourth-order valence-corrected chi connectivity index (χ4v) is 1.53. The van der Waals surface area contributed by atoms with Crippen molar-refractivity contribution in [2.45, 2.75) is 0 Å². The first-order valence-electron chi connectivity index (χ1n) is 5.01. The molecular formula is C11H13FN2O3.